The van der Waals surface area contributed by atoms with Gasteiger partial charge in [-0.05, 0) is 42.2 Å². The zero-order valence-electron chi connectivity index (χ0n) is 17.5. The minimum absolute atomic E-state index is 0.0690. The summed E-state index contributed by atoms with van der Waals surface area (Å²) in [5.41, 5.74) is 2.13. The van der Waals surface area contributed by atoms with Crippen molar-refractivity contribution < 1.29 is 17.9 Å². The average Bonchev–Trinajstić information content (AvgIpc) is 2.72. The van der Waals surface area contributed by atoms with Crippen LogP contribution >= 0.6 is 11.6 Å². The number of carbonyl (C=O) groups excluding carboxylic acids is 1. The largest absolute Gasteiger partial charge is 0.483 e. The number of hydrogen-bond acceptors (Lipinski definition) is 4. The monoisotopic (exact) mass is 450 g/mol. The number of ether oxygens (including phenoxy) is 1. The van der Waals surface area contributed by atoms with Crippen molar-refractivity contribution in [1.82, 2.24) is 9.21 Å². The Bertz CT molecular complexity index is 1020. The van der Waals surface area contributed by atoms with Crippen molar-refractivity contribution in [3.8, 4) is 5.75 Å². The molecule has 0 bridgehead atoms. The van der Waals surface area contributed by atoms with Gasteiger partial charge in [-0.2, -0.15) is 4.31 Å². The highest BCUT2D eigenvalue weighted by Crippen LogP contribution is 2.28. The van der Waals surface area contributed by atoms with E-state index in [4.69, 9.17) is 16.3 Å². The Labute approximate surface area is 183 Å². The Balaban J connectivity index is 1.60. The Morgan fingerprint density at radius 1 is 1.10 bits per heavy atom. The van der Waals surface area contributed by atoms with Crippen LogP contribution in [-0.4, -0.2) is 56.3 Å². The van der Waals surface area contributed by atoms with Gasteiger partial charge in [-0.3, -0.25) is 4.79 Å². The second-order valence-electron chi connectivity index (χ2n) is 7.70. The summed E-state index contributed by atoms with van der Waals surface area (Å²) < 4.78 is 32.9. The second kappa shape index (κ2) is 9.37. The van der Waals surface area contributed by atoms with Gasteiger partial charge in [0.25, 0.3) is 5.91 Å². The Morgan fingerprint density at radius 3 is 2.40 bits per heavy atom. The summed E-state index contributed by atoms with van der Waals surface area (Å²) in [6.45, 7) is 7.16. The minimum Gasteiger partial charge on any atom is -0.483 e. The number of sulfonamides is 1. The van der Waals surface area contributed by atoms with Gasteiger partial charge in [0.1, 0.15) is 10.6 Å². The van der Waals surface area contributed by atoms with Crippen LogP contribution in [0.25, 0.3) is 0 Å². The number of nitrogens with zero attached hydrogens (tertiary/aromatic N) is 2. The summed E-state index contributed by atoms with van der Waals surface area (Å²) in [6, 6.07) is 12.4. The lowest BCUT2D eigenvalue weighted by molar-refractivity contribution is -0.134. The molecular weight excluding hydrogens is 424 g/mol. The molecule has 6 nitrogen and oxygen atoms in total. The first-order chi connectivity index (χ1) is 14.2. The molecule has 0 N–H and O–H groups in total. The predicted molar refractivity (Wildman–Crippen MR) is 118 cm³/mol. The normalized spacial score (nSPS) is 15.4. The van der Waals surface area contributed by atoms with Crippen molar-refractivity contribution in [3.05, 3.63) is 58.6 Å². The third kappa shape index (κ3) is 4.96. The molecule has 1 fully saturated rings. The Morgan fingerprint density at radius 2 is 1.77 bits per heavy atom. The maximum absolute atomic E-state index is 12.8. The number of amides is 1. The lowest BCUT2D eigenvalue weighted by atomic mass is 10.0. The Kier molecular flexibility index (Phi) is 7.06. The molecule has 1 aliphatic rings. The van der Waals surface area contributed by atoms with Crippen LogP contribution in [0.2, 0.25) is 5.02 Å². The van der Waals surface area contributed by atoms with Gasteiger partial charge in [0.15, 0.2) is 6.61 Å². The molecule has 0 unspecified atom stereocenters. The van der Waals surface area contributed by atoms with Crippen molar-refractivity contribution in [2.75, 3.05) is 32.8 Å². The van der Waals surface area contributed by atoms with Crippen LogP contribution in [-0.2, 0) is 14.8 Å². The van der Waals surface area contributed by atoms with E-state index in [1.807, 2.05) is 25.1 Å². The van der Waals surface area contributed by atoms with Gasteiger partial charge >= 0.3 is 0 Å². The molecule has 1 heterocycles. The molecule has 0 saturated carbocycles. The number of piperazine rings is 1. The summed E-state index contributed by atoms with van der Waals surface area (Å²) in [4.78, 5) is 14.4. The van der Waals surface area contributed by atoms with Crippen LogP contribution in [0.15, 0.2) is 47.4 Å². The zero-order chi connectivity index (χ0) is 21.9. The van der Waals surface area contributed by atoms with Gasteiger partial charge < -0.3 is 9.64 Å². The van der Waals surface area contributed by atoms with E-state index in [0.29, 0.717) is 13.1 Å². The topological polar surface area (TPSA) is 66.9 Å². The van der Waals surface area contributed by atoms with Gasteiger partial charge in [-0.25, -0.2) is 8.42 Å². The fourth-order valence-electron chi connectivity index (χ4n) is 3.45. The molecule has 1 amide bonds. The van der Waals surface area contributed by atoms with E-state index in [2.05, 4.69) is 13.8 Å². The molecule has 162 valence electrons. The molecule has 0 aromatic heterocycles. The molecule has 0 radical (unpaired) electrons. The number of benzene rings is 2. The maximum Gasteiger partial charge on any atom is 0.260 e. The predicted octanol–water partition coefficient (Wildman–Crippen LogP) is 3.68. The maximum atomic E-state index is 12.8. The summed E-state index contributed by atoms with van der Waals surface area (Å²) in [7, 11) is -3.68. The highest BCUT2D eigenvalue weighted by Gasteiger charge is 2.31. The van der Waals surface area contributed by atoms with Gasteiger partial charge in [0, 0.05) is 26.2 Å². The molecule has 30 heavy (non-hydrogen) atoms. The lowest BCUT2D eigenvalue weighted by Gasteiger charge is -2.34. The molecule has 1 saturated heterocycles. The van der Waals surface area contributed by atoms with Crippen molar-refractivity contribution in [3.63, 3.8) is 0 Å². The summed E-state index contributed by atoms with van der Waals surface area (Å²) >= 11 is 6.07. The fourth-order valence-corrected chi connectivity index (χ4v) is 5.36. The van der Waals surface area contributed by atoms with Gasteiger partial charge in [-0.1, -0.05) is 49.7 Å². The molecule has 0 aliphatic carbocycles. The molecule has 3 rings (SSSR count). The number of aryl methyl sites for hydroxylation is 1. The third-order valence-electron chi connectivity index (χ3n) is 5.19. The number of hydrogen-bond donors (Lipinski definition) is 0. The van der Waals surface area contributed by atoms with E-state index in [-0.39, 0.29) is 41.4 Å². The first kappa shape index (κ1) is 22.6. The first-order valence-corrected chi connectivity index (χ1v) is 11.8. The third-order valence-corrected chi connectivity index (χ3v) is 7.59. The van der Waals surface area contributed by atoms with Crippen molar-refractivity contribution in [1.29, 1.82) is 0 Å². The summed E-state index contributed by atoms with van der Waals surface area (Å²) in [5, 5.41) is 0.198. The lowest BCUT2D eigenvalue weighted by Crippen LogP contribution is -2.51. The van der Waals surface area contributed by atoms with E-state index in [0.717, 1.165) is 16.9 Å². The van der Waals surface area contributed by atoms with Crippen LogP contribution in [0.4, 0.5) is 0 Å². The van der Waals surface area contributed by atoms with Crippen LogP contribution in [0, 0.1) is 6.92 Å². The van der Waals surface area contributed by atoms with E-state index in [1.165, 1.54) is 10.4 Å². The zero-order valence-corrected chi connectivity index (χ0v) is 19.0. The standard InChI is InChI=1S/C22H27ClN2O4S/c1-16(2)18-9-8-17(3)14-20(18)29-15-22(26)24-10-12-25(13-11-24)30(27,28)21-7-5-4-6-19(21)23/h4-9,14,16H,10-13,15H2,1-3H3. The minimum atomic E-state index is -3.68. The summed E-state index contributed by atoms with van der Waals surface area (Å²) in [5.74, 6) is 0.855. The summed E-state index contributed by atoms with van der Waals surface area (Å²) in [6.07, 6.45) is 0. The highest BCUT2D eigenvalue weighted by molar-refractivity contribution is 7.89. The van der Waals surface area contributed by atoms with Crippen LogP contribution in [0.5, 0.6) is 5.75 Å². The molecule has 2 aromatic carbocycles. The van der Waals surface area contributed by atoms with E-state index >= 15 is 0 Å². The molecule has 0 spiro atoms. The fraction of sp³-hybridized carbons (Fsp3) is 0.409. The first-order valence-electron chi connectivity index (χ1n) is 9.96. The average molecular weight is 451 g/mol. The van der Waals surface area contributed by atoms with Gasteiger partial charge in [0.2, 0.25) is 10.0 Å². The molecule has 8 heteroatoms. The number of rotatable bonds is 6. The SMILES string of the molecule is Cc1ccc(C(C)C)c(OCC(=O)N2CCN(S(=O)(=O)c3ccccc3Cl)CC2)c1. The van der Waals surface area contributed by atoms with Crippen molar-refractivity contribution in [2.24, 2.45) is 0 Å². The van der Waals surface area contributed by atoms with Crippen LogP contribution in [0.1, 0.15) is 30.9 Å². The second-order valence-corrected chi connectivity index (χ2v) is 10.0. The number of carbonyl (C=O) groups is 1. The number of halogens is 1. The van der Waals surface area contributed by atoms with E-state index in [1.54, 1.807) is 23.1 Å². The van der Waals surface area contributed by atoms with Crippen LogP contribution < -0.4 is 4.74 Å². The molecular formula is C22H27ClN2O4S. The van der Waals surface area contributed by atoms with Crippen molar-refractivity contribution >= 4 is 27.5 Å². The highest BCUT2D eigenvalue weighted by atomic mass is 35.5. The van der Waals surface area contributed by atoms with Crippen LogP contribution in [0.3, 0.4) is 0 Å². The van der Waals surface area contributed by atoms with Crippen molar-refractivity contribution in [2.45, 2.75) is 31.6 Å². The van der Waals surface area contributed by atoms with E-state index < -0.39 is 10.0 Å². The Hall–Kier alpha value is -2.09. The molecule has 0 atom stereocenters. The quantitative estimate of drug-likeness (QED) is 0.673. The molecule has 1 aliphatic heterocycles. The van der Waals surface area contributed by atoms with E-state index in [9.17, 15) is 13.2 Å². The van der Waals surface area contributed by atoms with Gasteiger partial charge in [0.05, 0.1) is 5.02 Å². The smallest absolute Gasteiger partial charge is 0.260 e. The van der Waals surface area contributed by atoms with Gasteiger partial charge in [-0.15, -0.1) is 0 Å². The molecule has 2 aromatic rings.